The normalized spacial score (nSPS) is 14.4. The maximum atomic E-state index is 13.4. The monoisotopic (exact) mass is 577 g/mol. The number of halogens is 4. The van der Waals surface area contributed by atoms with E-state index in [0.717, 1.165) is 23.0 Å². The van der Waals surface area contributed by atoms with Gasteiger partial charge in [0.05, 0.1) is 13.7 Å². The molecule has 0 aliphatic carbocycles. The summed E-state index contributed by atoms with van der Waals surface area (Å²) >= 11 is 0. The molecule has 0 saturated heterocycles. The van der Waals surface area contributed by atoms with Crippen LogP contribution in [0.3, 0.4) is 0 Å². The van der Waals surface area contributed by atoms with E-state index in [2.05, 4.69) is 33.9 Å². The lowest BCUT2D eigenvalue weighted by Crippen LogP contribution is -2.34. The summed E-state index contributed by atoms with van der Waals surface area (Å²) < 4.78 is 62.1. The Bertz CT molecular complexity index is 1470. The fourth-order valence-electron chi connectivity index (χ4n) is 4.15. The number of carbonyl (C=O) groups is 1. The summed E-state index contributed by atoms with van der Waals surface area (Å²) in [4.78, 5) is 20.9. The van der Waals surface area contributed by atoms with Crippen LogP contribution in [0, 0.1) is 5.82 Å². The highest BCUT2D eigenvalue weighted by molar-refractivity contribution is 5.94. The van der Waals surface area contributed by atoms with Gasteiger partial charge in [-0.25, -0.2) is 14.3 Å². The average molecular weight is 578 g/mol. The van der Waals surface area contributed by atoms with E-state index in [0.29, 0.717) is 34.9 Å². The molecule has 0 saturated carbocycles. The minimum absolute atomic E-state index is 0.162. The summed E-state index contributed by atoms with van der Waals surface area (Å²) in [5.41, 5.74) is 3.30. The number of methoxy groups -OCH3 is 1. The number of pyridine rings is 1. The number of aromatic nitrogens is 1. The van der Waals surface area contributed by atoms with Crippen LogP contribution in [-0.2, 0) is 11.4 Å². The van der Waals surface area contributed by atoms with Gasteiger partial charge >= 0.3 is 6.18 Å². The van der Waals surface area contributed by atoms with E-state index >= 15 is 0 Å². The number of hydrogen-bond acceptors (Lipinski definition) is 8. The van der Waals surface area contributed by atoms with Gasteiger partial charge in [0.25, 0.3) is 5.91 Å². The van der Waals surface area contributed by atoms with Gasteiger partial charge in [0.1, 0.15) is 29.6 Å². The van der Waals surface area contributed by atoms with Crippen molar-refractivity contribution in [2.45, 2.75) is 25.4 Å². The smallest absolute Gasteiger partial charge is 0.405 e. The standard InChI is InChI=1S/C28H27F4N3O3.H4N2O/c1-16-14-38-26-23(16)12-22(35-25(26)18-4-6-21(29)7-5-18)8-9-34-27(36)19-10-20(13-33-15-28(30,31)32)17(2)24(11-19)37-3;1-3-2/h4-7,10-13,16,33H,2,8-9,14-15H2,1,3H3,(H,34,36);1-2H2/b20-13-;. The van der Waals surface area contributed by atoms with Crippen LogP contribution in [0.5, 0.6) is 11.5 Å². The number of nitrogens with one attached hydrogen (secondary N) is 2. The van der Waals surface area contributed by atoms with Gasteiger partial charge in [0, 0.05) is 57.9 Å². The number of alkyl halides is 3. The fraction of sp³-hybridized carbons (Fsp3) is 0.286. The Kier molecular flexibility index (Phi) is 10.6. The number of hydrogen-bond donors (Lipinski definition) is 4. The molecule has 0 bridgehead atoms. The van der Waals surface area contributed by atoms with Gasteiger partial charge in [-0.2, -0.15) is 25.0 Å². The van der Waals surface area contributed by atoms with E-state index in [1.165, 1.54) is 31.4 Å². The molecular formula is C28H31F4N5O4. The van der Waals surface area contributed by atoms with E-state index in [9.17, 15) is 22.4 Å². The van der Waals surface area contributed by atoms with Crippen molar-refractivity contribution in [3.05, 3.63) is 75.5 Å². The molecule has 41 heavy (non-hydrogen) atoms. The zero-order valence-corrected chi connectivity index (χ0v) is 22.5. The summed E-state index contributed by atoms with van der Waals surface area (Å²) in [6.45, 7) is 5.43. The lowest BCUT2D eigenvalue weighted by atomic mass is 9.99. The van der Waals surface area contributed by atoms with Crippen molar-refractivity contribution in [1.29, 1.82) is 0 Å². The van der Waals surface area contributed by atoms with E-state index in [1.54, 1.807) is 12.1 Å². The van der Waals surface area contributed by atoms with Gasteiger partial charge in [0.15, 0.2) is 0 Å². The highest BCUT2D eigenvalue weighted by Gasteiger charge is 2.27. The second-order valence-corrected chi connectivity index (χ2v) is 9.13. The van der Waals surface area contributed by atoms with Crippen LogP contribution < -0.4 is 42.3 Å². The Morgan fingerprint density at radius 3 is 2.54 bits per heavy atom. The first-order valence-electron chi connectivity index (χ1n) is 12.4. The highest BCUT2D eigenvalue weighted by atomic mass is 19.4. The quantitative estimate of drug-likeness (QED) is 0.237. The van der Waals surface area contributed by atoms with Crippen molar-refractivity contribution in [3.63, 3.8) is 0 Å². The minimum Gasteiger partial charge on any atom is -0.496 e. The summed E-state index contributed by atoms with van der Waals surface area (Å²) in [5.74, 6) is 8.59. The van der Waals surface area contributed by atoms with Gasteiger partial charge in [-0.15, -0.1) is 0 Å². The van der Waals surface area contributed by atoms with Gasteiger partial charge in [-0.3, -0.25) is 4.79 Å². The van der Waals surface area contributed by atoms with Crippen molar-refractivity contribution in [1.82, 2.24) is 15.6 Å². The molecule has 1 atom stereocenters. The molecule has 220 valence electrons. The molecule has 0 radical (unpaired) electrons. The third kappa shape index (κ3) is 8.39. The van der Waals surface area contributed by atoms with E-state index in [1.807, 2.05) is 13.0 Å². The number of carbonyl (C=O) groups excluding carboxylic acids is 1. The summed E-state index contributed by atoms with van der Waals surface area (Å²) in [5, 5.41) is 5.67. The third-order valence-corrected chi connectivity index (χ3v) is 6.13. The number of nitrogens with two attached hydrogens (primary N) is 2. The van der Waals surface area contributed by atoms with Crippen molar-refractivity contribution >= 4 is 18.7 Å². The SMILES string of the molecule is C=c1c(OC)cc(C(=O)NCCc2cc3c(c(-c4ccc(F)cc4)n2)OCC3C)c/c1=C/NCC(F)(F)F.NON. The van der Waals surface area contributed by atoms with Crippen LogP contribution in [0.25, 0.3) is 24.0 Å². The second-order valence-electron chi connectivity index (χ2n) is 9.13. The summed E-state index contributed by atoms with van der Waals surface area (Å²) in [6.07, 6.45) is -2.82. The molecule has 6 N–H and O–H groups in total. The maximum absolute atomic E-state index is 13.4. The minimum atomic E-state index is -4.39. The van der Waals surface area contributed by atoms with Gasteiger partial charge in [-0.1, -0.05) is 13.5 Å². The predicted octanol–water partition coefficient (Wildman–Crippen LogP) is 2.42. The van der Waals surface area contributed by atoms with Crippen LogP contribution in [0.4, 0.5) is 17.6 Å². The first-order valence-corrected chi connectivity index (χ1v) is 12.4. The Morgan fingerprint density at radius 1 is 1.22 bits per heavy atom. The van der Waals surface area contributed by atoms with Crippen LogP contribution in [0.2, 0.25) is 0 Å². The Hall–Kier alpha value is -4.20. The first-order chi connectivity index (χ1) is 19.5. The Labute approximate surface area is 233 Å². The molecule has 3 aromatic rings. The third-order valence-electron chi connectivity index (χ3n) is 6.13. The molecule has 2 heterocycles. The fourth-order valence-corrected chi connectivity index (χ4v) is 4.15. The van der Waals surface area contributed by atoms with E-state index in [4.69, 9.17) is 14.5 Å². The lowest BCUT2D eigenvalue weighted by molar-refractivity contribution is -0.122. The second kappa shape index (κ2) is 13.9. The van der Waals surface area contributed by atoms with Crippen molar-refractivity contribution < 1.29 is 36.8 Å². The Morgan fingerprint density at radius 2 is 1.90 bits per heavy atom. The zero-order chi connectivity index (χ0) is 30.2. The Balaban J connectivity index is 0.00000147. The van der Waals surface area contributed by atoms with Gasteiger partial charge < -0.3 is 20.1 Å². The molecular weight excluding hydrogens is 546 g/mol. The molecule has 2 aromatic carbocycles. The summed E-state index contributed by atoms with van der Waals surface area (Å²) in [7, 11) is 1.39. The van der Waals surface area contributed by atoms with Crippen molar-refractivity contribution in [2.24, 2.45) is 11.8 Å². The van der Waals surface area contributed by atoms with Crippen molar-refractivity contribution in [2.75, 3.05) is 26.8 Å². The molecule has 1 unspecified atom stereocenters. The van der Waals surface area contributed by atoms with Crippen LogP contribution in [0.15, 0.2) is 42.5 Å². The van der Waals surface area contributed by atoms with Crippen LogP contribution >= 0.6 is 0 Å². The number of amides is 1. The highest BCUT2D eigenvalue weighted by Crippen LogP contribution is 2.41. The predicted molar refractivity (Wildman–Crippen MR) is 145 cm³/mol. The number of fused-ring (bicyclic) bond motifs is 1. The van der Waals surface area contributed by atoms with E-state index in [-0.39, 0.29) is 29.6 Å². The summed E-state index contributed by atoms with van der Waals surface area (Å²) in [6, 6.07) is 10.9. The molecule has 1 aromatic heterocycles. The van der Waals surface area contributed by atoms with Crippen molar-refractivity contribution in [3.8, 4) is 22.8 Å². The van der Waals surface area contributed by atoms with E-state index < -0.39 is 18.6 Å². The van der Waals surface area contributed by atoms with Gasteiger partial charge in [0.2, 0.25) is 0 Å². The number of nitrogens with zero attached hydrogens (tertiary/aromatic N) is 1. The van der Waals surface area contributed by atoms with Gasteiger partial charge in [-0.05, 0) is 42.5 Å². The molecule has 9 nitrogen and oxygen atoms in total. The number of ether oxygens (including phenoxy) is 2. The molecule has 1 aliphatic rings. The molecule has 0 fully saturated rings. The number of benzene rings is 2. The molecule has 1 aliphatic heterocycles. The molecule has 0 spiro atoms. The van der Waals surface area contributed by atoms with Crippen LogP contribution in [0.1, 0.15) is 34.5 Å². The molecule has 13 heteroatoms. The molecule has 1 amide bonds. The lowest BCUT2D eigenvalue weighted by Gasteiger charge is -2.12. The van der Waals surface area contributed by atoms with Crippen LogP contribution in [-0.4, -0.2) is 43.9 Å². The largest absolute Gasteiger partial charge is 0.496 e. The maximum Gasteiger partial charge on any atom is 0.405 e. The molecule has 4 rings (SSSR count). The first kappa shape index (κ1) is 31.3. The number of rotatable bonds is 8. The zero-order valence-electron chi connectivity index (χ0n) is 22.5. The topological polar surface area (TPSA) is 134 Å². The average Bonchev–Trinajstić information content (AvgIpc) is 3.30.